The molecule has 1 fully saturated rings. The number of hydrogen-bond acceptors (Lipinski definition) is 9. The summed E-state index contributed by atoms with van der Waals surface area (Å²) < 4.78 is 20.2. The van der Waals surface area contributed by atoms with Gasteiger partial charge in [0.15, 0.2) is 36.0 Å². The van der Waals surface area contributed by atoms with E-state index in [0.29, 0.717) is 49.7 Å². The standard InChI is InChI=1S/C30H36FN7OSSi/c1-18(2)41(19(3)4,20(5)6)30-35-16-25(39-30)27-28(37-29-34-15-23(14-32)40-29)36-26(17-33-27)38-13-7-8-24(38)21-9-11-22(31)12-10-21/h9-12,15-20,24H,7-8,13H2,1-6H3,(H,34,36,37). The van der Waals surface area contributed by atoms with Crippen LogP contribution in [0.4, 0.5) is 21.2 Å². The van der Waals surface area contributed by atoms with E-state index in [1.54, 1.807) is 12.4 Å². The highest BCUT2D eigenvalue weighted by molar-refractivity contribution is 7.16. The maximum absolute atomic E-state index is 13.6. The lowest BCUT2D eigenvalue weighted by Crippen LogP contribution is -2.56. The molecule has 214 valence electrons. The maximum atomic E-state index is 13.6. The first-order valence-electron chi connectivity index (χ1n) is 14.1. The van der Waals surface area contributed by atoms with Gasteiger partial charge in [-0.05, 0) is 47.2 Å². The molecule has 1 unspecified atom stereocenters. The number of aromatic nitrogens is 4. The average molecular weight is 590 g/mol. The van der Waals surface area contributed by atoms with Crippen LogP contribution >= 0.6 is 11.3 Å². The Labute approximate surface area is 245 Å². The van der Waals surface area contributed by atoms with Gasteiger partial charge in [-0.2, -0.15) is 5.26 Å². The summed E-state index contributed by atoms with van der Waals surface area (Å²) in [6.07, 6.45) is 7.00. The minimum Gasteiger partial charge on any atom is -0.444 e. The molecular formula is C30H36FN7OSSi. The molecule has 1 aromatic carbocycles. The fourth-order valence-electron chi connectivity index (χ4n) is 6.67. The summed E-state index contributed by atoms with van der Waals surface area (Å²) in [5, 5.41) is 13.2. The zero-order valence-corrected chi connectivity index (χ0v) is 26.2. The fraction of sp³-hybridized carbons (Fsp3) is 0.433. The van der Waals surface area contributed by atoms with Crippen molar-refractivity contribution in [3.63, 3.8) is 0 Å². The van der Waals surface area contributed by atoms with Crippen LogP contribution in [0.1, 0.15) is 70.9 Å². The Morgan fingerprint density at radius 1 is 1.02 bits per heavy atom. The van der Waals surface area contributed by atoms with Gasteiger partial charge in [-0.25, -0.2) is 24.3 Å². The van der Waals surface area contributed by atoms with Crippen LogP contribution in [0.2, 0.25) is 16.6 Å². The Bertz CT molecular complexity index is 1520. The third-order valence-corrected chi connectivity index (χ3v) is 15.9. The van der Waals surface area contributed by atoms with E-state index < -0.39 is 8.07 Å². The number of rotatable bonds is 9. The van der Waals surface area contributed by atoms with Crippen LogP contribution in [0.15, 0.2) is 47.3 Å². The van der Waals surface area contributed by atoms with Crippen LogP contribution in [-0.2, 0) is 0 Å². The van der Waals surface area contributed by atoms with Gasteiger partial charge in [0.2, 0.25) is 0 Å². The molecule has 41 heavy (non-hydrogen) atoms. The third-order valence-electron chi connectivity index (χ3n) is 8.38. The van der Waals surface area contributed by atoms with E-state index in [9.17, 15) is 9.65 Å². The van der Waals surface area contributed by atoms with Crippen molar-refractivity contribution in [2.24, 2.45) is 0 Å². The number of nitrogens with zero attached hydrogens (tertiary/aromatic N) is 6. The molecule has 1 aliphatic rings. The molecule has 0 bridgehead atoms. The highest BCUT2D eigenvalue weighted by Gasteiger charge is 2.49. The Kier molecular flexibility index (Phi) is 8.24. The van der Waals surface area contributed by atoms with E-state index in [2.05, 4.69) is 62.8 Å². The predicted octanol–water partition coefficient (Wildman–Crippen LogP) is 7.57. The molecule has 4 heterocycles. The van der Waals surface area contributed by atoms with E-state index >= 15 is 0 Å². The molecule has 4 aromatic rings. The van der Waals surface area contributed by atoms with Crippen molar-refractivity contribution in [1.29, 1.82) is 5.26 Å². The number of nitrogens with one attached hydrogen (secondary N) is 1. The normalized spacial score (nSPS) is 15.7. The number of hydrogen-bond donors (Lipinski definition) is 1. The van der Waals surface area contributed by atoms with Crippen LogP contribution in [-0.4, -0.2) is 34.6 Å². The molecule has 0 amide bonds. The van der Waals surface area contributed by atoms with Crippen LogP contribution in [0.5, 0.6) is 0 Å². The van der Waals surface area contributed by atoms with Crippen molar-refractivity contribution in [3.05, 3.63) is 59.1 Å². The second-order valence-corrected chi connectivity index (χ2v) is 18.3. The van der Waals surface area contributed by atoms with Gasteiger partial charge in [0, 0.05) is 6.54 Å². The zero-order chi connectivity index (χ0) is 29.3. The first kappa shape index (κ1) is 28.9. The minimum atomic E-state index is -2.12. The van der Waals surface area contributed by atoms with Crippen LogP contribution < -0.4 is 15.7 Å². The monoisotopic (exact) mass is 589 g/mol. The van der Waals surface area contributed by atoms with Gasteiger partial charge in [0.1, 0.15) is 22.6 Å². The molecular weight excluding hydrogens is 554 g/mol. The van der Waals surface area contributed by atoms with Crippen molar-refractivity contribution >= 4 is 41.7 Å². The van der Waals surface area contributed by atoms with Crippen molar-refractivity contribution in [3.8, 4) is 17.5 Å². The molecule has 1 aliphatic heterocycles. The molecule has 3 aromatic heterocycles. The summed E-state index contributed by atoms with van der Waals surface area (Å²) in [7, 11) is -2.12. The number of benzene rings is 1. The summed E-state index contributed by atoms with van der Waals surface area (Å²) in [6.45, 7) is 14.5. The zero-order valence-electron chi connectivity index (χ0n) is 24.3. The highest BCUT2D eigenvalue weighted by atomic mass is 32.1. The van der Waals surface area contributed by atoms with E-state index in [0.717, 1.165) is 30.5 Å². The summed E-state index contributed by atoms with van der Waals surface area (Å²) in [4.78, 5) is 21.8. The lowest BCUT2D eigenvalue weighted by atomic mass is 10.0. The number of nitriles is 1. The molecule has 1 atom stereocenters. The van der Waals surface area contributed by atoms with E-state index in [1.807, 2.05) is 12.1 Å². The first-order chi connectivity index (χ1) is 19.6. The van der Waals surface area contributed by atoms with E-state index in [4.69, 9.17) is 19.4 Å². The van der Waals surface area contributed by atoms with Gasteiger partial charge >= 0.3 is 0 Å². The quantitative estimate of drug-likeness (QED) is 0.199. The largest absolute Gasteiger partial charge is 0.444 e. The summed E-state index contributed by atoms with van der Waals surface area (Å²) in [6, 6.07) is 8.88. The second kappa shape index (κ2) is 11.7. The maximum Gasteiger partial charge on any atom is 0.189 e. The lowest BCUT2D eigenvalue weighted by Gasteiger charge is -2.39. The Morgan fingerprint density at radius 2 is 1.73 bits per heavy atom. The number of anilines is 3. The molecule has 1 N–H and O–H groups in total. The molecule has 5 rings (SSSR count). The smallest absolute Gasteiger partial charge is 0.189 e. The lowest BCUT2D eigenvalue weighted by molar-refractivity contribution is 0.592. The van der Waals surface area contributed by atoms with Crippen LogP contribution in [0, 0.1) is 17.1 Å². The van der Waals surface area contributed by atoms with E-state index in [1.165, 1.54) is 29.7 Å². The molecule has 8 nitrogen and oxygen atoms in total. The van der Waals surface area contributed by atoms with Crippen molar-refractivity contribution < 1.29 is 8.81 Å². The second-order valence-electron chi connectivity index (χ2n) is 11.5. The third kappa shape index (κ3) is 5.38. The molecule has 0 radical (unpaired) electrons. The number of oxazole rings is 1. The first-order valence-corrected chi connectivity index (χ1v) is 17.2. The van der Waals surface area contributed by atoms with E-state index in [-0.39, 0.29) is 11.9 Å². The Hall–Kier alpha value is -3.62. The van der Waals surface area contributed by atoms with Crippen molar-refractivity contribution in [1.82, 2.24) is 19.9 Å². The highest BCUT2D eigenvalue weighted by Crippen LogP contribution is 2.42. The molecule has 0 aliphatic carbocycles. The van der Waals surface area contributed by atoms with Gasteiger partial charge in [0.05, 0.1) is 24.6 Å². The Morgan fingerprint density at radius 3 is 2.37 bits per heavy atom. The molecule has 0 spiro atoms. The van der Waals surface area contributed by atoms with Gasteiger partial charge in [-0.1, -0.05) is 65.0 Å². The number of halogens is 1. The fourth-order valence-corrected chi connectivity index (χ4v) is 13.3. The topological polar surface area (TPSA) is 104 Å². The molecule has 0 saturated carbocycles. The van der Waals surface area contributed by atoms with Gasteiger partial charge in [0.25, 0.3) is 0 Å². The molecule has 11 heteroatoms. The predicted molar refractivity (Wildman–Crippen MR) is 164 cm³/mol. The summed E-state index contributed by atoms with van der Waals surface area (Å²) in [5.74, 6) is 1.49. The Balaban J connectivity index is 1.57. The van der Waals surface area contributed by atoms with Crippen molar-refractivity contribution in [2.45, 2.75) is 77.0 Å². The SMILES string of the molecule is CC(C)[Si](c1ncc(-c2ncc(N3CCCC3c3ccc(F)cc3)nc2Nc2ncc(C#N)s2)o1)(C(C)C)C(C)C. The number of thiazole rings is 1. The van der Waals surface area contributed by atoms with Crippen LogP contribution in [0.25, 0.3) is 11.5 Å². The van der Waals surface area contributed by atoms with Gasteiger partial charge in [-0.15, -0.1) is 0 Å². The van der Waals surface area contributed by atoms with Crippen molar-refractivity contribution in [2.75, 3.05) is 16.8 Å². The van der Waals surface area contributed by atoms with Crippen LogP contribution in [0.3, 0.4) is 0 Å². The molecule has 1 saturated heterocycles. The van der Waals surface area contributed by atoms with Gasteiger partial charge < -0.3 is 14.6 Å². The minimum absolute atomic E-state index is 0.0697. The average Bonchev–Trinajstić information content (AvgIpc) is 3.70. The summed E-state index contributed by atoms with van der Waals surface area (Å²) >= 11 is 1.25. The summed E-state index contributed by atoms with van der Waals surface area (Å²) in [5.41, 5.74) is 3.74. The van der Waals surface area contributed by atoms with Gasteiger partial charge in [-0.3, -0.25) is 0 Å².